The second-order valence-electron chi connectivity index (χ2n) is 6.12. The number of benzene rings is 1. The molecule has 0 radical (unpaired) electrons. The molecule has 0 saturated carbocycles. The average molecular weight is 351 g/mol. The number of aliphatic carboxylic acids is 1. The Morgan fingerprint density at radius 3 is 2.48 bits per heavy atom. The smallest absolute Gasteiger partial charge is 0.497 e. The molecule has 0 saturated heterocycles. The number of rotatable bonds is 6. The van der Waals surface area contributed by atoms with Gasteiger partial charge < -0.3 is 19.7 Å². The van der Waals surface area contributed by atoms with E-state index in [9.17, 15) is 14.4 Å². The van der Waals surface area contributed by atoms with Crippen LogP contribution in [0.3, 0.4) is 0 Å². The van der Waals surface area contributed by atoms with E-state index in [0.29, 0.717) is 11.4 Å². The molecule has 8 nitrogen and oxygen atoms in total. The minimum Gasteiger partial charge on any atom is -0.497 e. The molecule has 0 bridgehead atoms. The number of anilines is 1. The van der Waals surface area contributed by atoms with E-state index in [1.165, 1.54) is 18.9 Å². The van der Waals surface area contributed by atoms with Gasteiger partial charge in [0.25, 0.3) is 0 Å². The van der Waals surface area contributed by atoms with Crippen LogP contribution in [0, 0.1) is 11.8 Å². The van der Waals surface area contributed by atoms with Crippen LogP contribution >= 0.6 is 0 Å². The molecule has 1 aromatic rings. The summed E-state index contributed by atoms with van der Waals surface area (Å²) in [4.78, 5) is 36.1. The van der Waals surface area contributed by atoms with Gasteiger partial charge in [0.1, 0.15) is 5.75 Å². The number of hydrogen-bond donors (Lipinski definition) is 2. The summed E-state index contributed by atoms with van der Waals surface area (Å²) >= 11 is 0. The minimum absolute atomic E-state index is 0.149. The van der Waals surface area contributed by atoms with Gasteiger partial charge in [-0.1, -0.05) is 13.8 Å². The molecule has 1 heterocycles. The summed E-state index contributed by atoms with van der Waals surface area (Å²) in [7, 11) is 1.51. The van der Waals surface area contributed by atoms with E-state index < -0.39 is 30.2 Å². The van der Waals surface area contributed by atoms with Crippen LogP contribution in [0.1, 0.15) is 25.8 Å². The van der Waals surface area contributed by atoms with Crippen LogP contribution < -0.4 is 9.64 Å². The maximum atomic E-state index is 12.8. The summed E-state index contributed by atoms with van der Waals surface area (Å²) in [6.45, 7) is 3.15. The van der Waals surface area contributed by atoms with Crippen molar-refractivity contribution >= 4 is 23.7 Å². The Kier molecular flexibility index (Phi) is 5.51. The zero-order valence-electron chi connectivity index (χ0n) is 14.3. The molecule has 0 fully saturated rings. The van der Waals surface area contributed by atoms with Crippen molar-refractivity contribution in [1.82, 2.24) is 0 Å². The lowest BCUT2D eigenvalue weighted by Crippen LogP contribution is -2.43. The number of nitrogens with zero attached hydrogens (tertiary/aromatic N) is 1. The van der Waals surface area contributed by atoms with Gasteiger partial charge in [0.15, 0.2) is 6.23 Å². The summed E-state index contributed by atoms with van der Waals surface area (Å²) in [5.74, 6) is -2.04. The van der Waals surface area contributed by atoms with E-state index in [1.807, 2.05) is 0 Å². The lowest BCUT2D eigenvalue weighted by Gasteiger charge is -2.27. The molecular weight excluding hydrogens is 330 g/mol. The Labute approximate surface area is 144 Å². The van der Waals surface area contributed by atoms with Gasteiger partial charge in [-0.05, 0) is 30.2 Å². The van der Waals surface area contributed by atoms with Crippen LogP contribution in [-0.2, 0) is 20.7 Å². The Balaban J connectivity index is 2.29. The molecule has 0 aromatic heterocycles. The summed E-state index contributed by atoms with van der Waals surface area (Å²) in [5.41, 5.74) is 1.28. The molecule has 8 heteroatoms. The molecule has 25 heavy (non-hydrogen) atoms. The normalized spacial score (nSPS) is 18.2. The van der Waals surface area contributed by atoms with Gasteiger partial charge in [-0.15, -0.1) is 0 Å². The molecule has 0 spiro atoms. The molecule has 2 N–H and O–H groups in total. The Morgan fingerprint density at radius 2 is 1.92 bits per heavy atom. The molecule has 3 atom stereocenters. The van der Waals surface area contributed by atoms with E-state index in [0.717, 1.165) is 5.56 Å². The third kappa shape index (κ3) is 4.01. The van der Waals surface area contributed by atoms with Crippen molar-refractivity contribution in [3.05, 3.63) is 23.8 Å². The van der Waals surface area contributed by atoms with Crippen molar-refractivity contribution in [2.75, 3.05) is 12.0 Å². The van der Waals surface area contributed by atoms with Gasteiger partial charge in [-0.25, -0.2) is 4.79 Å². The maximum absolute atomic E-state index is 12.8. The summed E-state index contributed by atoms with van der Waals surface area (Å²) in [5, 5.41) is 18.0. The van der Waals surface area contributed by atoms with Crippen molar-refractivity contribution in [3.63, 3.8) is 0 Å². The zero-order valence-corrected chi connectivity index (χ0v) is 14.3. The SMILES string of the molecule is COc1ccc2c(c1)C[C@H](OC(=O)O)N2C(=O)[C@H](C)C[C@@H](C)C(=O)O. The number of methoxy groups -OCH3 is 1. The highest BCUT2D eigenvalue weighted by atomic mass is 16.7. The number of ether oxygens (including phenoxy) is 2. The first-order valence-electron chi connectivity index (χ1n) is 7.87. The van der Waals surface area contributed by atoms with Crippen LogP contribution in [0.5, 0.6) is 5.75 Å². The van der Waals surface area contributed by atoms with Gasteiger partial charge in [-0.3, -0.25) is 14.5 Å². The van der Waals surface area contributed by atoms with E-state index >= 15 is 0 Å². The predicted octanol–water partition coefficient (Wildman–Crippen LogP) is 2.35. The molecule has 0 unspecified atom stereocenters. The van der Waals surface area contributed by atoms with E-state index in [-0.39, 0.29) is 18.7 Å². The van der Waals surface area contributed by atoms with Crippen LogP contribution in [0.2, 0.25) is 0 Å². The summed E-state index contributed by atoms with van der Waals surface area (Å²) < 4.78 is 10.0. The van der Waals surface area contributed by atoms with Crippen LogP contribution in [0.15, 0.2) is 18.2 Å². The fourth-order valence-electron chi connectivity index (χ4n) is 2.96. The predicted molar refractivity (Wildman–Crippen MR) is 87.7 cm³/mol. The molecule has 1 amide bonds. The zero-order chi connectivity index (χ0) is 18.7. The molecule has 1 aliphatic rings. The minimum atomic E-state index is -1.48. The van der Waals surface area contributed by atoms with Crippen LogP contribution in [0.25, 0.3) is 0 Å². The lowest BCUT2D eigenvalue weighted by molar-refractivity contribution is -0.141. The van der Waals surface area contributed by atoms with Crippen molar-refractivity contribution < 1.29 is 34.1 Å². The van der Waals surface area contributed by atoms with Gasteiger partial charge in [0.05, 0.1) is 18.7 Å². The largest absolute Gasteiger partial charge is 0.507 e. The Bertz CT molecular complexity index is 688. The van der Waals surface area contributed by atoms with Gasteiger partial charge >= 0.3 is 12.1 Å². The topological polar surface area (TPSA) is 113 Å². The van der Waals surface area contributed by atoms with Crippen LogP contribution in [-0.4, -0.2) is 41.6 Å². The first-order chi connectivity index (χ1) is 11.7. The average Bonchev–Trinajstić information content (AvgIpc) is 2.89. The third-order valence-corrected chi connectivity index (χ3v) is 4.25. The fraction of sp³-hybridized carbons (Fsp3) is 0.471. The summed E-state index contributed by atoms with van der Waals surface area (Å²) in [6.07, 6.45) is -2.09. The molecular formula is C17H21NO7. The molecule has 1 aromatic carbocycles. The number of carboxylic acid groups (broad SMARTS) is 2. The molecule has 136 valence electrons. The van der Waals surface area contributed by atoms with E-state index in [2.05, 4.69) is 0 Å². The van der Waals surface area contributed by atoms with Crippen molar-refractivity contribution in [2.45, 2.75) is 32.9 Å². The van der Waals surface area contributed by atoms with Gasteiger partial charge in [0.2, 0.25) is 5.91 Å². The van der Waals surface area contributed by atoms with Gasteiger partial charge in [-0.2, -0.15) is 0 Å². The number of hydrogen-bond acceptors (Lipinski definition) is 5. The molecule has 1 aliphatic heterocycles. The number of carboxylic acids is 1. The number of carbonyl (C=O) groups excluding carboxylic acids is 1. The highest BCUT2D eigenvalue weighted by molar-refractivity contribution is 5.97. The standard InChI is InChI=1S/C17H21NO7/c1-9(6-10(2)16(20)21)15(19)18-13-5-4-12(24-3)7-11(13)8-14(18)25-17(22)23/h4-5,7,9-10,14H,6,8H2,1-3H3,(H,20,21)(H,22,23)/t9-,10-,14+/m1/s1. The number of carbonyl (C=O) groups is 3. The molecule has 0 aliphatic carbocycles. The maximum Gasteiger partial charge on any atom is 0.507 e. The number of amides is 1. The quantitative estimate of drug-likeness (QED) is 0.756. The number of fused-ring (bicyclic) bond motifs is 1. The first-order valence-corrected chi connectivity index (χ1v) is 7.87. The second-order valence-corrected chi connectivity index (χ2v) is 6.12. The van der Waals surface area contributed by atoms with Crippen molar-refractivity contribution in [2.24, 2.45) is 11.8 Å². The Hall–Kier alpha value is -2.77. The second kappa shape index (κ2) is 7.42. The van der Waals surface area contributed by atoms with Crippen LogP contribution in [0.4, 0.5) is 10.5 Å². The van der Waals surface area contributed by atoms with E-state index in [1.54, 1.807) is 25.1 Å². The highest BCUT2D eigenvalue weighted by Crippen LogP contribution is 2.37. The fourth-order valence-corrected chi connectivity index (χ4v) is 2.96. The Morgan fingerprint density at radius 1 is 1.24 bits per heavy atom. The van der Waals surface area contributed by atoms with Crippen molar-refractivity contribution in [3.8, 4) is 5.75 Å². The monoisotopic (exact) mass is 351 g/mol. The molecule has 2 rings (SSSR count). The lowest BCUT2D eigenvalue weighted by atomic mass is 9.96. The third-order valence-electron chi connectivity index (χ3n) is 4.25. The summed E-state index contributed by atoms with van der Waals surface area (Å²) in [6, 6.07) is 5.07. The highest BCUT2D eigenvalue weighted by Gasteiger charge is 2.39. The van der Waals surface area contributed by atoms with Crippen molar-refractivity contribution in [1.29, 1.82) is 0 Å². The van der Waals surface area contributed by atoms with E-state index in [4.69, 9.17) is 19.7 Å². The van der Waals surface area contributed by atoms with Gasteiger partial charge in [0, 0.05) is 12.3 Å². The first kappa shape index (κ1) is 18.6.